The topological polar surface area (TPSA) is 51.7 Å². The highest BCUT2D eigenvalue weighted by Gasteiger charge is 2.24. The number of benzene rings is 1. The number of amides is 1. The van der Waals surface area contributed by atoms with E-state index < -0.39 is 5.60 Å². The third-order valence-corrected chi connectivity index (χ3v) is 4.43. The fourth-order valence-corrected chi connectivity index (χ4v) is 3.01. The van der Waals surface area contributed by atoms with Crippen LogP contribution in [0.1, 0.15) is 39.2 Å². The monoisotopic (exact) mass is 400 g/mol. The lowest BCUT2D eigenvalue weighted by Crippen LogP contribution is -2.40. The second-order valence-electron chi connectivity index (χ2n) is 7.76. The molecule has 0 spiro atoms. The molecular formula is C22H25ClN2O3. The van der Waals surface area contributed by atoms with Crippen LogP contribution in [0.3, 0.4) is 0 Å². The van der Waals surface area contributed by atoms with Gasteiger partial charge in [0.15, 0.2) is 0 Å². The van der Waals surface area contributed by atoms with Crippen molar-refractivity contribution in [1.29, 1.82) is 0 Å². The number of piperidine rings is 1. The van der Waals surface area contributed by atoms with Gasteiger partial charge in [-0.05, 0) is 57.4 Å². The van der Waals surface area contributed by atoms with Crippen molar-refractivity contribution in [2.24, 2.45) is 0 Å². The van der Waals surface area contributed by atoms with Gasteiger partial charge in [0.05, 0.1) is 5.02 Å². The van der Waals surface area contributed by atoms with E-state index in [0.29, 0.717) is 24.0 Å². The van der Waals surface area contributed by atoms with Crippen LogP contribution in [0.25, 0.3) is 6.08 Å². The Morgan fingerprint density at radius 1 is 1.18 bits per heavy atom. The van der Waals surface area contributed by atoms with Gasteiger partial charge in [0.25, 0.3) is 0 Å². The van der Waals surface area contributed by atoms with Gasteiger partial charge >= 0.3 is 6.09 Å². The molecule has 0 radical (unpaired) electrons. The van der Waals surface area contributed by atoms with Crippen LogP contribution in [-0.4, -0.2) is 34.7 Å². The summed E-state index contributed by atoms with van der Waals surface area (Å²) in [5.74, 6) is 1.22. The van der Waals surface area contributed by atoms with Crippen LogP contribution in [0.2, 0.25) is 5.02 Å². The standard InChI is InChI=1S/C22H25ClN2O3/c1-22(2,3)28-21(26)25-11-9-16(10-12-25)13-17-5-4-6-19(14-17)27-20-8-7-18(23)15-24-20/h4-8,13-15H,9-12H2,1-3H3. The quantitative estimate of drug-likeness (QED) is 0.639. The van der Waals surface area contributed by atoms with E-state index >= 15 is 0 Å². The molecule has 0 N–H and O–H groups in total. The van der Waals surface area contributed by atoms with Crippen molar-refractivity contribution in [2.75, 3.05) is 13.1 Å². The van der Waals surface area contributed by atoms with Crippen LogP contribution in [0.4, 0.5) is 4.79 Å². The van der Waals surface area contributed by atoms with Crippen LogP contribution < -0.4 is 4.74 Å². The molecule has 0 saturated carbocycles. The van der Waals surface area contributed by atoms with E-state index in [4.69, 9.17) is 21.1 Å². The first-order valence-corrected chi connectivity index (χ1v) is 9.73. The first-order chi connectivity index (χ1) is 13.3. The van der Waals surface area contributed by atoms with E-state index in [9.17, 15) is 4.79 Å². The summed E-state index contributed by atoms with van der Waals surface area (Å²) in [6, 6.07) is 11.3. The van der Waals surface area contributed by atoms with Gasteiger partial charge < -0.3 is 14.4 Å². The second kappa shape index (κ2) is 8.65. The fraction of sp³-hybridized carbons (Fsp3) is 0.364. The maximum atomic E-state index is 12.2. The zero-order valence-electron chi connectivity index (χ0n) is 16.4. The number of aromatic nitrogens is 1. The Labute approximate surface area is 170 Å². The predicted octanol–water partition coefficient (Wildman–Crippen LogP) is 5.94. The Morgan fingerprint density at radius 2 is 1.93 bits per heavy atom. The molecule has 1 aliphatic heterocycles. The Bertz CT molecular complexity index is 847. The Balaban J connectivity index is 1.60. The van der Waals surface area contributed by atoms with Gasteiger partial charge in [-0.15, -0.1) is 0 Å². The molecule has 1 fully saturated rings. The first kappa shape index (κ1) is 20.2. The van der Waals surface area contributed by atoms with E-state index in [1.807, 2.05) is 45.0 Å². The minimum Gasteiger partial charge on any atom is -0.444 e. The van der Waals surface area contributed by atoms with Crippen molar-refractivity contribution in [1.82, 2.24) is 9.88 Å². The van der Waals surface area contributed by atoms with E-state index in [2.05, 4.69) is 11.1 Å². The smallest absolute Gasteiger partial charge is 0.410 e. The highest BCUT2D eigenvalue weighted by atomic mass is 35.5. The van der Waals surface area contributed by atoms with Gasteiger partial charge in [-0.25, -0.2) is 9.78 Å². The summed E-state index contributed by atoms with van der Waals surface area (Å²) in [6.45, 7) is 7.00. The molecule has 148 valence electrons. The molecule has 0 bridgehead atoms. The molecule has 28 heavy (non-hydrogen) atoms. The second-order valence-corrected chi connectivity index (χ2v) is 8.20. The summed E-state index contributed by atoms with van der Waals surface area (Å²) in [5.41, 5.74) is 1.90. The molecule has 5 nitrogen and oxygen atoms in total. The summed E-state index contributed by atoms with van der Waals surface area (Å²) in [4.78, 5) is 18.1. The third kappa shape index (κ3) is 5.99. The minimum absolute atomic E-state index is 0.239. The van der Waals surface area contributed by atoms with Gasteiger partial charge in [-0.2, -0.15) is 0 Å². The Hall–Kier alpha value is -2.53. The molecule has 2 aromatic rings. The lowest BCUT2D eigenvalue weighted by molar-refractivity contribution is 0.0237. The molecule has 6 heteroatoms. The molecule has 1 saturated heterocycles. The molecule has 1 aliphatic rings. The molecule has 0 aliphatic carbocycles. The Kier molecular flexibility index (Phi) is 6.25. The van der Waals surface area contributed by atoms with Crippen molar-refractivity contribution in [2.45, 2.75) is 39.2 Å². The molecule has 0 unspecified atom stereocenters. The van der Waals surface area contributed by atoms with Gasteiger partial charge in [0.1, 0.15) is 11.4 Å². The largest absolute Gasteiger partial charge is 0.444 e. The van der Waals surface area contributed by atoms with Crippen molar-refractivity contribution in [3.05, 3.63) is 58.8 Å². The van der Waals surface area contributed by atoms with Crippen LogP contribution >= 0.6 is 11.6 Å². The molecular weight excluding hydrogens is 376 g/mol. The minimum atomic E-state index is -0.466. The predicted molar refractivity (Wildman–Crippen MR) is 111 cm³/mol. The summed E-state index contributed by atoms with van der Waals surface area (Å²) >= 11 is 5.85. The van der Waals surface area contributed by atoms with Gasteiger partial charge in [0.2, 0.25) is 5.88 Å². The number of rotatable bonds is 3. The van der Waals surface area contributed by atoms with Crippen LogP contribution in [-0.2, 0) is 4.74 Å². The van der Waals surface area contributed by atoms with Gasteiger partial charge in [-0.3, -0.25) is 0 Å². The zero-order valence-corrected chi connectivity index (χ0v) is 17.2. The van der Waals surface area contributed by atoms with E-state index in [0.717, 1.165) is 24.2 Å². The average Bonchev–Trinajstić information content (AvgIpc) is 2.63. The van der Waals surface area contributed by atoms with Gasteiger partial charge in [-0.1, -0.05) is 35.4 Å². The van der Waals surface area contributed by atoms with E-state index in [1.54, 1.807) is 23.2 Å². The lowest BCUT2D eigenvalue weighted by atomic mass is 10.0. The Morgan fingerprint density at radius 3 is 2.57 bits per heavy atom. The third-order valence-electron chi connectivity index (χ3n) is 4.21. The number of likely N-dealkylation sites (tertiary alicyclic amines) is 1. The summed E-state index contributed by atoms with van der Waals surface area (Å²) < 4.78 is 11.2. The molecule has 1 aromatic carbocycles. The number of carbonyl (C=O) groups is 1. The number of ether oxygens (including phenoxy) is 2. The SMILES string of the molecule is CC(C)(C)OC(=O)N1CCC(=Cc2cccc(Oc3ccc(Cl)cn3)c2)CC1. The van der Waals surface area contributed by atoms with Crippen molar-refractivity contribution >= 4 is 23.8 Å². The lowest BCUT2D eigenvalue weighted by Gasteiger charge is -2.31. The van der Waals surface area contributed by atoms with Crippen LogP contribution in [0.5, 0.6) is 11.6 Å². The van der Waals surface area contributed by atoms with Gasteiger partial charge in [0, 0.05) is 25.4 Å². The normalized spacial score (nSPS) is 14.6. The number of carbonyl (C=O) groups excluding carboxylic acids is 1. The maximum absolute atomic E-state index is 12.2. The zero-order chi connectivity index (χ0) is 20.1. The summed E-state index contributed by atoms with van der Waals surface area (Å²) in [5, 5.41) is 0.573. The number of hydrogen-bond acceptors (Lipinski definition) is 4. The van der Waals surface area contributed by atoms with Crippen LogP contribution in [0.15, 0.2) is 48.2 Å². The van der Waals surface area contributed by atoms with Crippen LogP contribution in [0, 0.1) is 0 Å². The van der Waals surface area contributed by atoms with Crippen molar-refractivity contribution in [3.8, 4) is 11.6 Å². The molecule has 0 atom stereocenters. The highest BCUT2D eigenvalue weighted by Crippen LogP contribution is 2.25. The number of pyridine rings is 1. The molecule has 1 aromatic heterocycles. The number of halogens is 1. The molecule has 2 heterocycles. The van der Waals surface area contributed by atoms with E-state index in [1.165, 1.54) is 5.57 Å². The number of hydrogen-bond donors (Lipinski definition) is 0. The fourth-order valence-electron chi connectivity index (χ4n) is 2.89. The summed E-state index contributed by atoms with van der Waals surface area (Å²) in [6.07, 6.45) is 5.15. The molecule has 3 rings (SSSR count). The average molecular weight is 401 g/mol. The maximum Gasteiger partial charge on any atom is 0.410 e. The highest BCUT2D eigenvalue weighted by molar-refractivity contribution is 6.30. The first-order valence-electron chi connectivity index (χ1n) is 9.35. The van der Waals surface area contributed by atoms with E-state index in [-0.39, 0.29) is 6.09 Å². The summed E-state index contributed by atoms with van der Waals surface area (Å²) in [7, 11) is 0. The number of nitrogens with zero attached hydrogens (tertiary/aromatic N) is 2. The van der Waals surface area contributed by atoms with Crippen molar-refractivity contribution < 1.29 is 14.3 Å². The molecule has 1 amide bonds. The van der Waals surface area contributed by atoms with Crippen molar-refractivity contribution in [3.63, 3.8) is 0 Å².